The third-order valence-corrected chi connectivity index (χ3v) is 5.37. The van der Waals surface area contributed by atoms with Crippen LogP contribution in [0.25, 0.3) is 0 Å². The second-order valence-corrected chi connectivity index (χ2v) is 6.61. The fourth-order valence-electron chi connectivity index (χ4n) is 3.33. The Kier molecular flexibility index (Phi) is 3.51. The van der Waals surface area contributed by atoms with E-state index in [1.165, 1.54) is 0 Å². The van der Waals surface area contributed by atoms with E-state index in [1.807, 2.05) is 32.2 Å². The molecular weight excluding hydrogens is 272 g/mol. The van der Waals surface area contributed by atoms with Crippen molar-refractivity contribution in [3.8, 4) is 0 Å². The van der Waals surface area contributed by atoms with Gasteiger partial charge < -0.3 is 10.2 Å². The first-order valence-electron chi connectivity index (χ1n) is 7.28. The highest BCUT2D eigenvalue weighted by Crippen LogP contribution is 2.59. The van der Waals surface area contributed by atoms with Crippen molar-refractivity contribution in [1.82, 2.24) is 5.32 Å². The summed E-state index contributed by atoms with van der Waals surface area (Å²) in [6, 6.07) is 5.82. The second kappa shape index (κ2) is 5.05. The van der Waals surface area contributed by atoms with E-state index in [9.17, 15) is 4.79 Å². The third kappa shape index (κ3) is 2.33. The van der Waals surface area contributed by atoms with Gasteiger partial charge in [0.1, 0.15) is 0 Å². The highest BCUT2D eigenvalue weighted by Gasteiger charge is 2.58. The summed E-state index contributed by atoms with van der Waals surface area (Å²) in [5, 5.41) is 4.09. The standard InChI is InChI=1S/C16H21ClN2O/c1-11-3-4-12(9-14(11)17)19(2)15(20)13-10-16(13)5-7-18-8-6-16/h3-4,9,13,18H,5-8,10H2,1-2H3. The molecule has 2 aliphatic rings. The maximum absolute atomic E-state index is 12.6. The summed E-state index contributed by atoms with van der Waals surface area (Å²) in [4.78, 5) is 14.4. The molecule has 1 spiro atoms. The van der Waals surface area contributed by atoms with Gasteiger partial charge in [0.05, 0.1) is 0 Å². The number of nitrogens with one attached hydrogen (secondary N) is 1. The van der Waals surface area contributed by atoms with Crippen molar-refractivity contribution in [3.63, 3.8) is 0 Å². The van der Waals surface area contributed by atoms with Crippen molar-refractivity contribution in [1.29, 1.82) is 0 Å². The van der Waals surface area contributed by atoms with Gasteiger partial charge in [0.2, 0.25) is 5.91 Å². The minimum absolute atomic E-state index is 0.203. The van der Waals surface area contributed by atoms with Crippen molar-refractivity contribution in [3.05, 3.63) is 28.8 Å². The van der Waals surface area contributed by atoms with Gasteiger partial charge in [0, 0.05) is 23.7 Å². The molecule has 1 amide bonds. The Labute approximate surface area is 125 Å². The molecule has 108 valence electrons. The van der Waals surface area contributed by atoms with Crippen LogP contribution in [0.5, 0.6) is 0 Å². The highest BCUT2D eigenvalue weighted by atomic mass is 35.5. The molecule has 1 heterocycles. The van der Waals surface area contributed by atoms with Gasteiger partial charge in [-0.15, -0.1) is 0 Å². The van der Waals surface area contributed by atoms with E-state index in [2.05, 4.69) is 5.32 Å². The zero-order chi connectivity index (χ0) is 14.3. The largest absolute Gasteiger partial charge is 0.317 e. The first-order valence-corrected chi connectivity index (χ1v) is 7.66. The molecule has 20 heavy (non-hydrogen) atoms. The SMILES string of the molecule is Cc1ccc(N(C)C(=O)C2CC23CCNCC3)cc1Cl. The number of anilines is 1. The summed E-state index contributed by atoms with van der Waals surface area (Å²) in [6.07, 6.45) is 3.31. The maximum Gasteiger partial charge on any atom is 0.230 e. The van der Waals surface area contributed by atoms with E-state index in [0.717, 1.165) is 48.6 Å². The number of benzene rings is 1. The number of rotatable bonds is 2. The molecule has 1 aromatic carbocycles. The Bertz CT molecular complexity index is 537. The quantitative estimate of drug-likeness (QED) is 0.909. The fourth-order valence-corrected chi connectivity index (χ4v) is 3.50. The monoisotopic (exact) mass is 292 g/mol. The van der Waals surface area contributed by atoms with Crippen LogP contribution in [-0.4, -0.2) is 26.0 Å². The fraction of sp³-hybridized carbons (Fsp3) is 0.562. The molecule has 1 unspecified atom stereocenters. The predicted molar refractivity (Wildman–Crippen MR) is 82.2 cm³/mol. The predicted octanol–water partition coefficient (Wildman–Crippen LogP) is 3.00. The smallest absolute Gasteiger partial charge is 0.230 e. The zero-order valence-electron chi connectivity index (χ0n) is 12.1. The lowest BCUT2D eigenvalue weighted by molar-refractivity contribution is -0.120. The summed E-state index contributed by atoms with van der Waals surface area (Å²) in [5.74, 6) is 0.446. The van der Waals surface area contributed by atoms with Gasteiger partial charge in [-0.1, -0.05) is 17.7 Å². The summed E-state index contributed by atoms with van der Waals surface area (Å²) >= 11 is 6.15. The van der Waals surface area contributed by atoms with Crippen LogP contribution in [0, 0.1) is 18.3 Å². The average molecular weight is 293 g/mol. The lowest BCUT2D eigenvalue weighted by atomic mass is 9.91. The molecule has 1 aliphatic heterocycles. The number of carbonyl (C=O) groups is 1. The van der Waals surface area contributed by atoms with E-state index in [1.54, 1.807) is 4.90 Å². The summed E-state index contributed by atoms with van der Waals surface area (Å²) in [5.41, 5.74) is 2.21. The number of carbonyl (C=O) groups excluding carboxylic acids is 1. The van der Waals surface area contributed by atoms with E-state index in [0.29, 0.717) is 0 Å². The molecule has 3 rings (SSSR count). The third-order valence-electron chi connectivity index (χ3n) is 4.96. The summed E-state index contributed by atoms with van der Waals surface area (Å²) < 4.78 is 0. The van der Waals surface area contributed by atoms with Crippen LogP contribution in [0.15, 0.2) is 18.2 Å². The van der Waals surface area contributed by atoms with E-state index < -0.39 is 0 Å². The molecule has 4 heteroatoms. The normalized spacial score (nSPS) is 23.6. The number of nitrogens with zero attached hydrogens (tertiary/aromatic N) is 1. The van der Waals surface area contributed by atoms with Crippen LogP contribution in [0.3, 0.4) is 0 Å². The lowest BCUT2D eigenvalue weighted by Gasteiger charge is -2.25. The first-order chi connectivity index (χ1) is 9.53. The van der Waals surface area contributed by atoms with Crippen molar-refractivity contribution < 1.29 is 4.79 Å². The van der Waals surface area contributed by atoms with Crippen molar-refractivity contribution in [2.45, 2.75) is 26.2 Å². The van der Waals surface area contributed by atoms with Gasteiger partial charge >= 0.3 is 0 Å². The van der Waals surface area contributed by atoms with Crippen LogP contribution in [0.4, 0.5) is 5.69 Å². The Morgan fingerprint density at radius 1 is 1.40 bits per heavy atom. The molecule has 1 aromatic rings. The number of aryl methyl sites for hydroxylation is 1. The molecule has 0 aromatic heterocycles. The number of hydrogen-bond acceptors (Lipinski definition) is 2. The minimum Gasteiger partial charge on any atom is -0.317 e. The molecule has 0 radical (unpaired) electrons. The minimum atomic E-state index is 0.203. The number of halogens is 1. The molecule has 1 saturated heterocycles. The maximum atomic E-state index is 12.6. The Morgan fingerprint density at radius 2 is 2.10 bits per heavy atom. The average Bonchev–Trinajstić information content (AvgIpc) is 3.14. The van der Waals surface area contributed by atoms with E-state index in [4.69, 9.17) is 11.6 Å². The van der Waals surface area contributed by atoms with E-state index in [-0.39, 0.29) is 17.2 Å². The number of amides is 1. The van der Waals surface area contributed by atoms with Gasteiger partial charge in [0.25, 0.3) is 0 Å². The van der Waals surface area contributed by atoms with Gasteiger partial charge in [-0.25, -0.2) is 0 Å². The Hall–Kier alpha value is -1.06. The molecular formula is C16H21ClN2O. The summed E-state index contributed by atoms with van der Waals surface area (Å²) in [7, 11) is 1.86. The van der Waals surface area contributed by atoms with Crippen LogP contribution in [0.2, 0.25) is 5.02 Å². The van der Waals surface area contributed by atoms with Gasteiger partial charge in [-0.2, -0.15) is 0 Å². The summed E-state index contributed by atoms with van der Waals surface area (Å²) in [6.45, 7) is 4.06. The molecule has 2 fully saturated rings. The van der Waals surface area contributed by atoms with Crippen molar-refractivity contribution in [2.75, 3.05) is 25.0 Å². The Morgan fingerprint density at radius 3 is 2.75 bits per heavy atom. The van der Waals surface area contributed by atoms with E-state index >= 15 is 0 Å². The molecule has 0 bridgehead atoms. The first kappa shape index (κ1) is 13.9. The molecule has 1 atom stereocenters. The Balaban J connectivity index is 1.73. The van der Waals surface area contributed by atoms with Crippen LogP contribution in [0.1, 0.15) is 24.8 Å². The van der Waals surface area contributed by atoms with Crippen molar-refractivity contribution >= 4 is 23.2 Å². The molecule has 3 nitrogen and oxygen atoms in total. The lowest BCUT2D eigenvalue weighted by Crippen LogP contribution is -2.34. The van der Waals surface area contributed by atoms with Gasteiger partial charge in [-0.3, -0.25) is 4.79 Å². The molecule has 1 saturated carbocycles. The molecule has 1 aliphatic carbocycles. The number of piperidine rings is 1. The van der Waals surface area contributed by atoms with Crippen LogP contribution in [-0.2, 0) is 4.79 Å². The highest BCUT2D eigenvalue weighted by molar-refractivity contribution is 6.31. The second-order valence-electron chi connectivity index (χ2n) is 6.20. The van der Waals surface area contributed by atoms with Gasteiger partial charge in [0.15, 0.2) is 0 Å². The van der Waals surface area contributed by atoms with Crippen LogP contribution >= 0.6 is 11.6 Å². The zero-order valence-corrected chi connectivity index (χ0v) is 12.8. The van der Waals surface area contributed by atoms with Crippen molar-refractivity contribution in [2.24, 2.45) is 11.3 Å². The van der Waals surface area contributed by atoms with Crippen LogP contribution < -0.4 is 10.2 Å². The topological polar surface area (TPSA) is 32.3 Å². The van der Waals surface area contributed by atoms with Gasteiger partial charge in [-0.05, 0) is 62.4 Å². The number of hydrogen-bond donors (Lipinski definition) is 1. The molecule has 1 N–H and O–H groups in total.